The van der Waals surface area contributed by atoms with Gasteiger partial charge in [0.05, 0.1) is 35.7 Å². The van der Waals surface area contributed by atoms with Crippen molar-refractivity contribution in [3.8, 4) is 5.75 Å². The molecule has 3 aromatic carbocycles. The molecule has 0 bridgehead atoms. The Labute approximate surface area is 208 Å². The van der Waals surface area contributed by atoms with Gasteiger partial charge in [-0.15, -0.1) is 0 Å². The molecule has 4 aromatic rings. The summed E-state index contributed by atoms with van der Waals surface area (Å²) < 4.78 is 52.5. The summed E-state index contributed by atoms with van der Waals surface area (Å²) in [6, 6.07) is 18.8. The Kier molecular flexibility index (Phi) is 6.09. The monoisotopic (exact) mass is 506 g/mol. The smallest absolute Gasteiger partial charge is 0.307 e. The lowest BCUT2D eigenvalue weighted by Crippen LogP contribution is -2.29. The summed E-state index contributed by atoms with van der Waals surface area (Å²) in [4.78, 5) is 16.7. The first kappa shape index (κ1) is 23.7. The van der Waals surface area contributed by atoms with E-state index in [1.54, 1.807) is 48.5 Å². The van der Waals surface area contributed by atoms with Gasteiger partial charge in [-0.25, -0.2) is 12.8 Å². The zero-order valence-corrected chi connectivity index (χ0v) is 20.5. The lowest BCUT2D eigenvalue weighted by molar-refractivity contribution is -0.141. The van der Waals surface area contributed by atoms with E-state index in [1.807, 2.05) is 13.0 Å². The number of methoxy groups -OCH3 is 1. The third-order valence-electron chi connectivity index (χ3n) is 6.16. The minimum Gasteiger partial charge on any atom is -0.489 e. The molecule has 0 amide bonds. The summed E-state index contributed by atoms with van der Waals surface area (Å²) in [6.07, 6.45) is -0.115. The molecule has 1 aliphatic rings. The van der Waals surface area contributed by atoms with Crippen molar-refractivity contribution in [2.75, 3.05) is 11.4 Å². The molecule has 1 aromatic heterocycles. The highest BCUT2D eigenvalue weighted by molar-refractivity contribution is 7.93. The zero-order valence-electron chi connectivity index (χ0n) is 19.6. The molecule has 9 heteroatoms. The molecule has 1 unspecified atom stereocenters. The molecule has 0 aliphatic carbocycles. The Hall–Kier alpha value is -3.98. The van der Waals surface area contributed by atoms with E-state index in [0.717, 1.165) is 11.3 Å². The molecular formula is C27H23FN2O5S. The Bertz CT molecular complexity index is 1570. The van der Waals surface area contributed by atoms with Crippen LogP contribution in [0.5, 0.6) is 5.75 Å². The minimum absolute atomic E-state index is 0.115. The molecule has 0 radical (unpaired) electrons. The number of carbonyl (C=O) groups is 1. The van der Waals surface area contributed by atoms with Gasteiger partial charge in [-0.1, -0.05) is 18.2 Å². The molecule has 1 atom stereocenters. The molecule has 7 nitrogen and oxygen atoms in total. The van der Waals surface area contributed by atoms with E-state index in [4.69, 9.17) is 9.47 Å². The van der Waals surface area contributed by atoms with Gasteiger partial charge in [0, 0.05) is 16.6 Å². The Morgan fingerprint density at radius 3 is 2.56 bits per heavy atom. The van der Waals surface area contributed by atoms with Gasteiger partial charge >= 0.3 is 5.97 Å². The highest BCUT2D eigenvalue weighted by Crippen LogP contribution is 2.44. The number of halogens is 1. The summed E-state index contributed by atoms with van der Waals surface area (Å²) in [6.45, 7) is 2.04. The fraction of sp³-hybridized carbons (Fsp3) is 0.185. The number of esters is 1. The normalized spacial score (nSPS) is 16.1. The highest BCUT2D eigenvalue weighted by atomic mass is 32.2. The minimum atomic E-state index is -3.86. The van der Waals surface area contributed by atoms with Crippen molar-refractivity contribution in [2.45, 2.75) is 30.9 Å². The third-order valence-corrected chi connectivity index (χ3v) is 8.07. The van der Waals surface area contributed by atoms with E-state index in [0.29, 0.717) is 27.9 Å². The van der Waals surface area contributed by atoms with Crippen LogP contribution in [0.3, 0.4) is 0 Å². The van der Waals surface area contributed by atoms with Crippen LogP contribution >= 0.6 is 0 Å². The summed E-state index contributed by atoms with van der Waals surface area (Å²) in [7, 11) is -2.59. The summed E-state index contributed by atoms with van der Waals surface area (Å²) in [5.74, 6) is -0.349. The van der Waals surface area contributed by atoms with Crippen LogP contribution in [0.4, 0.5) is 10.1 Å². The Balaban J connectivity index is 1.42. The standard InChI is InChI=1S/C27H23FN2O5S/c1-17-13-18(23-14-19(28)7-12-24(23)29-17)16-35-21-10-8-20(9-11-21)30-25(15-27(31)34-2)22-5-3-4-6-26(22)36(30,32)33/h3-14,25H,15-16H2,1-2H3. The second kappa shape index (κ2) is 9.23. The van der Waals surface area contributed by atoms with Crippen molar-refractivity contribution in [1.29, 1.82) is 0 Å². The van der Waals surface area contributed by atoms with Crippen LogP contribution in [-0.4, -0.2) is 26.5 Å². The first-order valence-electron chi connectivity index (χ1n) is 11.3. The van der Waals surface area contributed by atoms with Gasteiger partial charge in [-0.2, -0.15) is 0 Å². The maximum absolute atomic E-state index is 13.8. The summed E-state index contributed by atoms with van der Waals surface area (Å²) in [5, 5.41) is 0.670. The van der Waals surface area contributed by atoms with E-state index < -0.39 is 22.0 Å². The van der Waals surface area contributed by atoms with Gasteiger partial charge in [0.1, 0.15) is 18.2 Å². The van der Waals surface area contributed by atoms with Crippen LogP contribution in [0.2, 0.25) is 0 Å². The fourth-order valence-corrected chi connectivity index (χ4v) is 6.41. The largest absolute Gasteiger partial charge is 0.489 e. The molecule has 0 saturated heterocycles. The SMILES string of the molecule is COC(=O)CC1c2ccccc2S(=O)(=O)N1c1ccc(OCc2cc(C)nc3ccc(F)cc23)cc1. The van der Waals surface area contributed by atoms with Crippen molar-refractivity contribution < 1.29 is 27.1 Å². The van der Waals surface area contributed by atoms with Gasteiger partial charge < -0.3 is 9.47 Å². The number of anilines is 1. The van der Waals surface area contributed by atoms with E-state index in [-0.39, 0.29) is 23.7 Å². The average Bonchev–Trinajstić information content (AvgIpc) is 3.09. The number of pyridine rings is 1. The topological polar surface area (TPSA) is 85.8 Å². The van der Waals surface area contributed by atoms with Crippen LogP contribution < -0.4 is 9.04 Å². The predicted molar refractivity (Wildman–Crippen MR) is 133 cm³/mol. The lowest BCUT2D eigenvalue weighted by Gasteiger charge is -2.25. The quantitative estimate of drug-likeness (QED) is 0.339. The fourth-order valence-electron chi connectivity index (χ4n) is 4.53. The van der Waals surface area contributed by atoms with Crippen molar-refractivity contribution in [2.24, 2.45) is 0 Å². The molecule has 0 N–H and O–H groups in total. The number of aromatic nitrogens is 1. The molecule has 2 heterocycles. The summed E-state index contributed by atoms with van der Waals surface area (Å²) >= 11 is 0. The molecule has 5 rings (SSSR count). The number of aryl methyl sites for hydroxylation is 1. The van der Waals surface area contributed by atoms with Gasteiger partial charge in [0.25, 0.3) is 10.0 Å². The van der Waals surface area contributed by atoms with E-state index >= 15 is 0 Å². The van der Waals surface area contributed by atoms with E-state index in [2.05, 4.69) is 4.98 Å². The van der Waals surface area contributed by atoms with Crippen molar-refractivity contribution in [3.63, 3.8) is 0 Å². The van der Waals surface area contributed by atoms with Crippen molar-refractivity contribution in [3.05, 3.63) is 95.4 Å². The number of carbonyl (C=O) groups excluding carboxylic acids is 1. The Morgan fingerprint density at radius 1 is 1.06 bits per heavy atom. The number of nitrogens with zero attached hydrogens (tertiary/aromatic N) is 2. The number of hydrogen-bond donors (Lipinski definition) is 0. The molecule has 184 valence electrons. The molecule has 0 fully saturated rings. The number of rotatable bonds is 6. The Morgan fingerprint density at radius 2 is 1.81 bits per heavy atom. The van der Waals surface area contributed by atoms with Crippen molar-refractivity contribution in [1.82, 2.24) is 4.98 Å². The number of ether oxygens (including phenoxy) is 2. The maximum atomic E-state index is 13.8. The van der Waals surface area contributed by atoms with E-state index in [9.17, 15) is 17.6 Å². The zero-order chi connectivity index (χ0) is 25.4. The van der Waals surface area contributed by atoms with E-state index in [1.165, 1.54) is 29.6 Å². The first-order chi connectivity index (χ1) is 17.3. The maximum Gasteiger partial charge on any atom is 0.307 e. The molecule has 36 heavy (non-hydrogen) atoms. The molecular weight excluding hydrogens is 483 g/mol. The second-order valence-electron chi connectivity index (χ2n) is 8.50. The first-order valence-corrected chi connectivity index (χ1v) is 12.7. The molecule has 0 saturated carbocycles. The second-order valence-corrected chi connectivity index (χ2v) is 10.3. The van der Waals surface area contributed by atoms with Crippen LogP contribution in [0.25, 0.3) is 10.9 Å². The van der Waals surface area contributed by atoms with Crippen LogP contribution in [0.1, 0.15) is 29.3 Å². The van der Waals surface area contributed by atoms with Gasteiger partial charge in [0.2, 0.25) is 0 Å². The summed E-state index contributed by atoms with van der Waals surface area (Å²) in [5.41, 5.74) is 3.21. The highest BCUT2D eigenvalue weighted by Gasteiger charge is 2.43. The van der Waals surface area contributed by atoms with Crippen LogP contribution in [0.15, 0.2) is 77.7 Å². The molecule has 1 aliphatic heterocycles. The van der Waals surface area contributed by atoms with Gasteiger partial charge in [0.15, 0.2) is 0 Å². The number of benzene rings is 3. The van der Waals surface area contributed by atoms with Crippen LogP contribution in [0, 0.1) is 12.7 Å². The number of sulfonamides is 1. The average molecular weight is 507 g/mol. The van der Waals surface area contributed by atoms with Gasteiger partial charge in [-0.05, 0) is 67.1 Å². The van der Waals surface area contributed by atoms with Crippen molar-refractivity contribution >= 4 is 32.6 Å². The number of fused-ring (bicyclic) bond motifs is 2. The third kappa shape index (κ3) is 4.26. The lowest BCUT2D eigenvalue weighted by atomic mass is 10.0. The molecule has 0 spiro atoms. The van der Waals surface area contributed by atoms with Crippen LogP contribution in [-0.2, 0) is 26.2 Å². The number of hydrogen-bond acceptors (Lipinski definition) is 6. The van der Waals surface area contributed by atoms with Gasteiger partial charge in [-0.3, -0.25) is 14.1 Å². The predicted octanol–water partition coefficient (Wildman–Crippen LogP) is 5.07.